The minimum absolute atomic E-state index is 0.0914. The first kappa shape index (κ1) is 9.03. The minimum atomic E-state index is -2.81. The molecule has 0 amide bonds. The number of alkyl halides is 2. The van der Waals surface area contributed by atoms with E-state index in [1.165, 1.54) is 20.3 Å². The van der Waals surface area contributed by atoms with Crippen molar-refractivity contribution in [2.75, 3.05) is 14.2 Å². The standard InChI is InChI=1S/C8H10F2O2/c1-11-6-3-4-8(9,10)5-7(6)12-2/h3,5H,4H2,1-2H3. The van der Waals surface area contributed by atoms with Crippen LogP contribution in [0.1, 0.15) is 6.42 Å². The molecule has 68 valence electrons. The van der Waals surface area contributed by atoms with E-state index >= 15 is 0 Å². The zero-order valence-electron chi connectivity index (χ0n) is 6.93. The van der Waals surface area contributed by atoms with Crippen LogP contribution in [0.5, 0.6) is 0 Å². The average molecular weight is 176 g/mol. The van der Waals surface area contributed by atoms with Crippen LogP contribution in [-0.2, 0) is 9.47 Å². The number of halogens is 2. The molecule has 1 aliphatic carbocycles. The Morgan fingerprint density at radius 1 is 1.25 bits per heavy atom. The second-order valence-electron chi connectivity index (χ2n) is 2.45. The number of methoxy groups -OCH3 is 2. The van der Waals surface area contributed by atoms with Crippen molar-refractivity contribution in [3.05, 3.63) is 23.7 Å². The number of hydrogen-bond donors (Lipinski definition) is 0. The second-order valence-corrected chi connectivity index (χ2v) is 2.45. The molecule has 0 aliphatic heterocycles. The maximum Gasteiger partial charge on any atom is 0.273 e. The van der Waals surface area contributed by atoms with Crippen molar-refractivity contribution in [2.45, 2.75) is 12.3 Å². The largest absolute Gasteiger partial charge is 0.493 e. The van der Waals surface area contributed by atoms with E-state index in [0.717, 1.165) is 6.08 Å². The molecule has 0 aromatic heterocycles. The molecule has 4 heteroatoms. The summed E-state index contributed by atoms with van der Waals surface area (Å²) in [5, 5.41) is 0. The van der Waals surface area contributed by atoms with Crippen LogP contribution in [0.4, 0.5) is 8.78 Å². The molecule has 0 radical (unpaired) electrons. The summed E-state index contributed by atoms with van der Waals surface area (Å²) in [5.41, 5.74) is 0. The molecule has 0 bridgehead atoms. The van der Waals surface area contributed by atoms with Crippen molar-refractivity contribution in [1.82, 2.24) is 0 Å². The normalized spacial score (nSPS) is 21.0. The Labute approximate surface area is 69.5 Å². The fourth-order valence-corrected chi connectivity index (χ4v) is 0.995. The Kier molecular flexibility index (Phi) is 2.35. The summed E-state index contributed by atoms with van der Waals surface area (Å²) < 4.78 is 34.9. The molecule has 0 N–H and O–H groups in total. The smallest absolute Gasteiger partial charge is 0.273 e. The summed E-state index contributed by atoms with van der Waals surface area (Å²) in [6, 6.07) is 0. The molecule has 0 unspecified atom stereocenters. The van der Waals surface area contributed by atoms with Crippen LogP contribution in [0.25, 0.3) is 0 Å². The van der Waals surface area contributed by atoms with E-state index in [1.54, 1.807) is 0 Å². The summed E-state index contributed by atoms with van der Waals surface area (Å²) >= 11 is 0. The van der Waals surface area contributed by atoms with E-state index in [2.05, 4.69) is 0 Å². The Hall–Kier alpha value is -1.06. The molecule has 0 saturated heterocycles. The molecule has 0 aromatic rings. The lowest BCUT2D eigenvalue weighted by atomic mass is 10.1. The first-order valence-corrected chi connectivity index (χ1v) is 3.48. The highest BCUT2D eigenvalue weighted by molar-refractivity contribution is 5.27. The van der Waals surface area contributed by atoms with E-state index in [0.29, 0.717) is 5.76 Å². The first-order chi connectivity index (χ1) is 5.59. The molecule has 12 heavy (non-hydrogen) atoms. The van der Waals surface area contributed by atoms with Crippen LogP contribution in [0, 0.1) is 0 Å². The Morgan fingerprint density at radius 3 is 2.33 bits per heavy atom. The molecule has 0 aromatic carbocycles. The van der Waals surface area contributed by atoms with Crippen molar-refractivity contribution in [3.63, 3.8) is 0 Å². The Balaban J connectivity index is 2.86. The summed E-state index contributed by atoms with van der Waals surface area (Å²) in [6.07, 6.45) is 1.76. The van der Waals surface area contributed by atoms with Crippen LogP contribution in [0.2, 0.25) is 0 Å². The highest BCUT2D eigenvalue weighted by Gasteiger charge is 2.31. The van der Waals surface area contributed by atoms with Crippen molar-refractivity contribution in [2.24, 2.45) is 0 Å². The molecule has 0 fully saturated rings. The molecule has 0 saturated carbocycles. The molecule has 0 atom stereocenters. The van der Waals surface area contributed by atoms with Gasteiger partial charge in [0.1, 0.15) is 0 Å². The third kappa shape index (κ3) is 1.75. The topological polar surface area (TPSA) is 18.5 Å². The second kappa shape index (κ2) is 3.13. The lowest BCUT2D eigenvalue weighted by Crippen LogP contribution is -2.17. The lowest BCUT2D eigenvalue weighted by Gasteiger charge is -2.19. The van der Waals surface area contributed by atoms with Gasteiger partial charge in [-0.3, -0.25) is 0 Å². The summed E-state index contributed by atoms with van der Waals surface area (Å²) in [7, 11) is 2.75. The van der Waals surface area contributed by atoms with Gasteiger partial charge in [-0.1, -0.05) is 0 Å². The molecular formula is C8H10F2O2. The fourth-order valence-electron chi connectivity index (χ4n) is 0.995. The van der Waals surface area contributed by atoms with Gasteiger partial charge in [0.2, 0.25) is 0 Å². The van der Waals surface area contributed by atoms with Gasteiger partial charge in [0, 0.05) is 12.5 Å². The third-order valence-electron chi connectivity index (χ3n) is 1.58. The quantitative estimate of drug-likeness (QED) is 0.641. The average Bonchev–Trinajstić information content (AvgIpc) is 2.03. The van der Waals surface area contributed by atoms with Gasteiger partial charge in [0.05, 0.1) is 14.2 Å². The molecule has 1 rings (SSSR count). The third-order valence-corrected chi connectivity index (χ3v) is 1.58. The highest BCUT2D eigenvalue weighted by atomic mass is 19.3. The molecule has 1 aliphatic rings. The SMILES string of the molecule is COC1=CCC(F)(F)C=C1OC. The number of rotatable bonds is 2. The van der Waals surface area contributed by atoms with E-state index in [-0.39, 0.29) is 12.2 Å². The van der Waals surface area contributed by atoms with E-state index < -0.39 is 5.92 Å². The summed E-state index contributed by atoms with van der Waals surface area (Å²) in [5.74, 6) is -2.36. The maximum absolute atomic E-state index is 12.7. The van der Waals surface area contributed by atoms with Gasteiger partial charge in [-0.05, 0) is 6.08 Å². The summed E-state index contributed by atoms with van der Waals surface area (Å²) in [4.78, 5) is 0. The first-order valence-electron chi connectivity index (χ1n) is 3.48. The van der Waals surface area contributed by atoms with Crippen LogP contribution < -0.4 is 0 Å². The van der Waals surface area contributed by atoms with Gasteiger partial charge in [-0.15, -0.1) is 0 Å². The van der Waals surface area contributed by atoms with Gasteiger partial charge in [0.15, 0.2) is 11.5 Å². The summed E-state index contributed by atoms with van der Waals surface area (Å²) in [6.45, 7) is 0. The van der Waals surface area contributed by atoms with Crippen LogP contribution in [0.3, 0.4) is 0 Å². The van der Waals surface area contributed by atoms with Gasteiger partial charge < -0.3 is 9.47 Å². The van der Waals surface area contributed by atoms with Gasteiger partial charge in [-0.2, -0.15) is 0 Å². The van der Waals surface area contributed by atoms with Crippen molar-refractivity contribution in [3.8, 4) is 0 Å². The van der Waals surface area contributed by atoms with Crippen molar-refractivity contribution < 1.29 is 18.3 Å². The lowest BCUT2D eigenvalue weighted by molar-refractivity contribution is 0.0463. The number of ether oxygens (including phenoxy) is 2. The molecular weight excluding hydrogens is 166 g/mol. The van der Waals surface area contributed by atoms with Gasteiger partial charge >= 0.3 is 0 Å². The minimum Gasteiger partial charge on any atom is -0.493 e. The monoisotopic (exact) mass is 176 g/mol. The highest BCUT2D eigenvalue weighted by Crippen LogP contribution is 2.30. The fraction of sp³-hybridized carbons (Fsp3) is 0.500. The maximum atomic E-state index is 12.7. The predicted octanol–water partition coefficient (Wildman–Crippen LogP) is 2.09. The van der Waals surface area contributed by atoms with E-state index in [4.69, 9.17) is 9.47 Å². The zero-order valence-corrected chi connectivity index (χ0v) is 6.93. The van der Waals surface area contributed by atoms with Crippen LogP contribution in [0.15, 0.2) is 23.7 Å². The van der Waals surface area contributed by atoms with Crippen molar-refractivity contribution in [1.29, 1.82) is 0 Å². The van der Waals surface area contributed by atoms with Gasteiger partial charge in [0.25, 0.3) is 5.92 Å². The zero-order chi connectivity index (χ0) is 9.19. The van der Waals surface area contributed by atoms with Crippen LogP contribution in [-0.4, -0.2) is 20.1 Å². The number of allylic oxidation sites excluding steroid dienone is 2. The number of hydrogen-bond acceptors (Lipinski definition) is 2. The van der Waals surface area contributed by atoms with Crippen LogP contribution >= 0.6 is 0 Å². The van der Waals surface area contributed by atoms with E-state index in [9.17, 15) is 8.78 Å². The molecule has 2 nitrogen and oxygen atoms in total. The van der Waals surface area contributed by atoms with Crippen molar-refractivity contribution >= 4 is 0 Å². The Bertz CT molecular complexity index is 231. The van der Waals surface area contributed by atoms with Gasteiger partial charge in [-0.25, -0.2) is 8.78 Å². The molecule has 0 spiro atoms. The van der Waals surface area contributed by atoms with E-state index in [1.807, 2.05) is 0 Å². The predicted molar refractivity (Wildman–Crippen MR) is 39.7 cm³/mol. The Morgan fingerprint density at radius 2 is 1.83 bits per heavy atom. The molecule has 0 heterocycles.